The van der Waals surface area contributed by atoms with Crippen LogP contribution in [-0.4, -0.2) is 54.8 Å². The molecule has 1 amide bonds. The topological polar surface area (TPSA) is 77.9 Å². The molecule has 9 heteroatoms. The van der Waals surface area contributed by atoms with Gasteiger partial charge in [0.2, 0.25) is 10.0 Å². The number of sulfonamides is 1. The molecule has 0 saturated carbocycles. The highest BCUT2D eigenvalue weighted by Crippen LogP contribution is 2.36. The Morgan fingerprint density at radius 3 is 2.48 bits per heavy atom. The molecule has 4 rings (SSSR count). The van der Waals surface area contributed by atoms with Gasteiger partial charge in [-0.1, -0.05) is 35.9 Å². The number of hydrogen-bond acceptors (Lipinski definition) is 5. The number of piperazine rings is 1. The SMILES string of the molecule is Cc1ccc(O)c(S(=O)(=O)N2CCN(C(=O)c3sc4ccccc4c3Cl)CC2)c1. The number of hydrogen-bond donors (Lipinski definition) is 1. The Hall–Kier alpha value is -2.13. The van der Waals surface area contributed by atoms with E-state index in [1.165, 1.54) is 27.8 Å². The number of carbonyl (C=O) groups is 1. The van der Waals surface area contributed by atoms with Crippen LogP contribution in [0.1, 0.15) is 15.2 Å². The third-order valence-electron chi connectivity index (χ3n) is 4.99. The minimum Gasteiger partial charge on any atom is -0.507 e. The number of carbonyl (C=O) groups excluding carboxylic acids is 1. The van der Waals surface area contributed by atoms with E-state index < -0.39 is 10.0 Å². The lowest BCUT2D eigenvalue weighted by molar-refractivity contribution is 0.0703. The zero-order valence-corrected chi connectivity index (χ0v) is 18.0. The number of rotatable bonds is 3. The van der Waals surface area contributed by atoms with Crippen molar-refractivity contribution in [2.75, 3.05) is 26.2 Å². The van der Waals surface area contributed by atoms with Crippen LogP contribution in [-0.2, 0) is 10.0 Å². The van der Waals surface area contributed by atoms with E-state index in [1.54, 1.807) is 17.9 Å². The fourth-order valence-corrected chi connectivity index (χ4v) is 6.46. The molecule has 0 aliphatic carbocycles. The maximum absolute atomic E-state index is 13.0. The second-order valence-electron chi connectivity index (χ2n) is 6.91. The Morgan fingerprint density at radius 2 is 1.79 bits per heavy atom. The van der Waals surface area contributed by atoms with Crippen molar-refractivity contribution >= 4 is 49.0 Å². The largest absolute Gasteiger partial charge is 0.507 e. The number of thiophene rings is 1. The van der Waals surface area contributed by atoms with Crippen LogP contribution in [0, 0.1) is 6.92 Å². The molecule has 1 fully saturated rings. The monoisotopic (exact) mass is 450 g/mol. The maximum atomic E-state index is 13.0. The van der Waals surface area contributed by atoms with Gasteiger partial charge in [0.25, 0.3) is 5.91 Å². The van der Waals surface area contributed by atoms with Crippen LogP contribution in [0.5, 0.6) is 5.75 Å². The second-order valence-corrected chi connectivity index (χ2v) is 10.2. The lowest BCUT2D eigenvalue weighted by Gasteiger charge is -2.34. The Labute approximate surface area is 178 Å². The van der Waals surface area contributed by atoms with Crippen LogP contribution in [0.25, 0.3) is 10.1 Å². The standard InChI is InChI=1S/C20H19ClN2O4S2/c1-13-6-7-15(24)17(12-13)29(26,27)23-10-8-22(9-11-23)20(25)19-18(21)14-4-2-3-5-16(14)28-19/h2-7,12,24H,8-11H2,1H3. The van der Waals surface area contributed by atoms with Gasteiger partial charge in [0.15, 0.2) is 0 Å². The van der Waals surface area contributed by atoms with E-state index in [2.05, 4.69) is 0 Å². The van der Waals surface area contributed by atoms with Gasteiger partial charge in [-0.05, 0) is 30.7 Å². The number of aromatic hydroxyl groups is 1. The zero-order chi connectivity index (χ0) is 20.8. The van der Waals surface area contributed by atoms with Gasteiger partial charge in [-0.2, -0.15) is 4.31 Å². The highest BCUT2D eigenvalue weighted by atomic mass is 35.5. The summed E-state index contributed by atoms with van der Waals surface area (Å²) >= 11 is 7.76. The summed E-state index contributed by atoms with van der Waals surface area (Å²) in [5.74, 6) is -0.460. The van der Waals surface area contributed by atoms with Crippen molar-refractivity contribution in [2.45, 2.75) is 11.8 Å². The van der Waals surface area contributed by atoms with Crippen molar-refractivity contribution in [3.8, 4) is 5.75 Å². The summed E-state index contributed by atoms with van der Waals surface area (Å²) in [4.78, 5) is 14.9. The lowest BCUT2D eigenvalue weighted by Crippen LogP contribution is -2.50. The number of nitrogens with zero attached hydrogens (tertiary/aromatic N) is 2. The van der Waals surface area contributed by atoms with E-state index in [0.717, 1.165) is 15.6 Å². The van der Waals surface area contributed by atoms with Gasteiger partial charge in [-0.3, -0.25) is 4.79 Å². The van der Waals surface area contributed by atoms with Crippen LogP contribution >= 0.6 is 22.9 Å². The quantitative estimate of drug-likeness (QED) is 0.659. The molecule has 1 aliphatic heterocycles. The molecule has 1 saturated heterocycles. The van der Waals surface area contributed by atoms with Crippen molar-refractivity contribution < 1.29 is 18.3 Å². The number of amides is 1. The van der Waals surface area contributed by atoms with E-state index in [9.17, 15) is 18.3 Å². The molecular weight excluding hydrogens is 432 g/mol. The minimum absolute atomic E-state index is 0.107. The molecule has 0 unspecified atom stereocenters. The zero-order valence-electron chi connectivity index (χ0n) is 15.6. The third kappa shape index (κ3) is 3.61. The van der Waals surface area contributed by atoms with Gasteiger partial charge in [0.1, 0.15) is 15.5 Å². The summed E-state index contributed by atoms with van der Waals surface area (Å²) < 4.78 is 28.1. The molecule has 2 heterocycles. The van der Waals surface area contributed by atoms with Gasteiger partial charge >= 0.3 is 0 Å². The predicted octanol–water partition coefficient (Wildman–Crippen LogP) is 3.72. The van der Waals surface area contributed by atoms with E-state index in [-0.39, 0.29) is 42.7 Å². The summed E-state index contributed by atoms with van der Waals surface area (Å²) in [5.41, 5.74) is 0.745. The molecule has 0 radical (unpaired) electrons. The summed E-state index contributed by atoms with van der Waals surface area (Å²) in [5, 5.41) is 11.3. The molecule has 3 aromatic rings. The molecule has 1 N–H and O–H groups in total. The first-order chi connectivity index (χ1) is 13.8. The Bertz CT molecular complexity index is 1200. The van der Waals surface area contributed by atoms with Crippen molar-refractivity contribution in [1.29, 1.82) is 0 Å². The second kappa shape index (κ2) is 7.60. The maximum Gasteiger partial charge on any atom is 0.265 e. The van der Waals surface area contributed by atoms with Crippen LogP contribution in [0.4, 0.5) is 0 Å². The minimum atomic E-state index is -3.84. The van der Waals surface area contributed by atoms with Crippen LogP contribution < -0.4 is 0 Å². The summed E-state index contributed by atoms with van der Waals surface area (Å²) in [6.07, 6.45) is 0. The molecule has 0 atom stereocenters. The number of benzene rings is 2. The number of phenols is 1. The fraction of sp³-hybridized carbons (Fsp3) is 0.250. The molecule has 29 heavy (non-hydrogen) atoms. The molecule has 1 aliphatic rings. The number of phenolic OH excluding ortho intramolecular Hbond substituents is 1. The summed E-state index contributed by atoms with van der Waals surface area (Å²) in [6.45, 7) is 2.60. The Kier molecular flexibility index (Phi) is 5.29. The van der Waals surface area contributed by atoms with E-state index in [0.29, 0.717) is 9.90 Å². The Balaban J connectivity index is 1.52. The van der Waals surface area contributed by atoms with Crippen LogP contribution in [0.2, 0.25) is 5.02 Å². The molecular formula is C20H19ClN2O4S2. The number of aryl methyl sites for hydroxylation is 1. The molecule has 152 valence electrons. The normalized spacial score (nSPS) is 15.7. The first kappa shape index (κ1) is 20.2. The van der Waals surface area contributed by atoms with Crippen molar-refractivity contribution in [1.82, 2.24) is 9.21 Å². The Morgan fingerprint density at radius 1 is 1.10 bits per heavy atom. The van der Waals surface area contributed by atoms with E-state index in [1.807, 2.05) is 24.3 Å². The van der Waals surface area contributed by atoms with Gasteiger partial charge in [0, 0.05) is 36.3 Å². The molecule has 0 bridgehead atoms. The van der Waals surface area contributed by atoms with Gasteiger partial charge in [0.05, 0.1) is 5.02 Å². The predicted molar refractivity (Wildman–Crippen MR) is 114 cm³/mol. The smallest absolute Gasteiger partial charge is 0.265 e. The lowest BCUT2D eigenvalue weighted by atomic mass is 10.2. The summed E-state index contributed by atoms with van der Waals surface area (Å²) in [6, 6.07) is 12.1. The van der Waals surface area contributed by atoms with Crippen LogP contribution in [0.15, 0.2) is 47.4 Å². The highest BCUT2D eigenvalue weighted by molar-refractivity contribution is 7.89. The van der Waals surface area contributed by atoms with Crippen molar-refractivity contribution in [2.24, 2.45) is 0 Å². The average Bonchev–Trinajstić information content (AvgIpc) is 3.06. The first-order valence-corrected chi connectivity index (χ1v) is 11.7. The highest BCUT2D eigenvalue weighted by Gasteiger charge is 2.33. The summed E-state index contributed by atoms with van der Waals surface area (Å²) in [7, 11) is -3.84. The number of halogens is 1. The molecule has 6 nitrogen and oxygen atoms in total. The van der Waals surface area contributed by atoms with Gasteiger partial charge in [-0.15, -0.1) is 11.3 Å². The van der Waals surface area contributed by atoms with Crippen molar-refractivity contribution in [3.05, 3.63) is 57.9 Å². The van der Waals surface area contributed by atoms with Crippen molar-refractivity contribution in [3.63, 3.8) is 0 Å². The van der Waals surface area contributed by atoms with Gasteiger partial charge < -0.3 is 10.0 Å². The molecule has 0 spiro atoms. The molecule has 1 aromatic heterocycles. The fourth-order valence-electron chi connectivity index (χ4n) is 3.39. The van der Waals surface area contributed by atoms with Gasteiger partial charge in [-0.25, -0.2) is 8.42 Å². The number of fused-ring (bicyclic) bond motifs is 1. The van der Waals surface area contributed by atoms with Crippen LogP contribution in [0.3, 0.4) is 0 Å². The third-order valence-corrected chi connectivity index (χ3v) is 8.58. The first-order valence-electron chi connectivity index (χ1n) is 9.05. The van der Waals surface area contributed by atoms with E-state index >= 15 is 0 Å². The molecule has 2 aromatic carbocycles. The average molecular weight is 451 g/mol. The van der Waals surface area contributed by atoms with E-state index in [4.69, 9.17) is 11.6 Å².